The third-order valence-electron chi connectivity index (χ3n) is 1.95. The van der Waals surface area contributed by atoms with Crippen LogP contribution in [0.25, 0.3) is 0 Å². The largest absolute Gasteiger partial charge is 0.258 e. The molecular formula is C10H10N. The molecule has 1 nitrogen and oxygen atoms in total. The van der Waals surface area contributed by atoms with Gasteiger partial charge in [0.25, 0.3) is 0 Å². The Kier molecular flexibility index (Phi) is 1.50. The molecule has 0 saturated heterocycles. The lowest BCUT2D eigenvalue weighted by molar-refractivity contribution is 1.01. The molecule has 0 saturated carbocycles. The van der Waals surface area contributed by atoms with E-state index in [-0.39, 0.29) is 0 Å². The van der Waals surface area contributed by atoms with Gasteiger partial charge in [-0.3, -0.25) is 4.99 Å². The minimum Gasteiger partial charge on any atom is -0.258 e. The van der Waals surface area contributed by atoms with E-state index in [9.17, 15) is 0 Å². The summed E-state index contributed by atoms with van der Waals surface area (Å²) < 4.78 is 0. The molecule has 1 radical (unpaired) electrons. The molecule has 1 aromatic rings. The first kappa shape index (κ1) is 6.59. The maximum Gasteiger partial charge on any atom is 0.0661 e. The lowest BCUT2D eigenvalue weighted by Crippen LogP contribution is -2.00. The summed E-state index contributed by atoms with van der Waals surface area (Å²) in [6, 6.07) is 8.24. The summed E-state index contributed by atoms with van der Waals surface area (Å²) in [6.07, 6.45) is 2.11. The van der Waals surface area contributed by atoms with Crippen molar-refractivity contribution in [3.63, 3.8) is 0 Å². The van der Waals surface area contributed by atoms with E-state index in [0.29, 0.717) is 0 Å². The summed E-state index contributed by atoms with van der Waals surface area (Å²) in [6.45, 7) is 3.85. The summed E-state index contributed by atoms with van der Waals surface area (Å²) >= 11 is 0. The monoisotopic (exact) mass is 144 g/mol. The highest BCUT2D eigenvalue weighted by molar-refractivity contribution is 5.92. The average molecular weight is 144 g/mol. The van der Waals surface area contributed by atoms with Crippen LogP contribution in [0.15, 0.2) is 29.3 Å². The fourth-order valence-corrected chi connectivity index (χ4v) is 1.34. The molecular weight excluding hydrogens is 134 g/mol. The van der Waals surface area contributed by atoms with Crippen molar-refractivity contribution in [1.29, 1.82) is 0 Å². The van der Waals surface area contributed by atoms with Gasteiger partial charge in [0.15, 0.2) is 0 Å². The predicted molar refractivity (Wildman–Crippen MR) is 47.2 cm³/mol. The van der Waals surface area contributed by atoms with Gasteiger partial charge in [0.2, 0.25) is 0 Å². The second-order valence-electron chi connectivity index (χ2n) is 2.81. The van der Waals surface area contributed by atoms with Crippen LogP contribution >= 0.6 is 0 Å². The van der Waals surface area contributed by atoms with Crippen LogP contribution in [0.2, 0.25) is 0 Å². The number of benzene rings is 1. The minimum absolute atomic E-state index is 1.00. The molecule has 0 bridgehead atoms. The molecule has 0 atom stereocenters. The molecule has 0 N–H and O–H groups in total. The molecule has 1 aromatic carbocycles. The molecule has 2 rings (SSSR count). The van der Waals surface area contributed by atoms with Crippen molar-refractivity contribution in [2.45, 2.75) is 12.8 Å². The lowest BCUT2D eigenvalue weighted by atomic mass is 10.0. The molecule has 0 aliphatic carbocycles. The quantitative estimate of drug-likeness (QED) is 0.530. The average Bonchev–Trinajstić information content (AvgIpc) is 2.04. The van der Waals surface area contributed by atoms with Gasteiger partial charge >= 0.3 is 0 Å². The number of para-hydroxylation sites is 1. The highest BCUT2D eigenvalue weighted by Gasteiger charge is 2.06. The Bertz CT molecular complexity index is 299. The zero-order chi connectivity index (χ0) is 7.68. The van der Waals surface area contributed by atoms with Crippen LogP contribution in [-0.2, 0) is 6.42 Å². The van der Waals surface area contributed by atoms with E-state index in [0.717, 1.165) is 24.2 Å². The van der Waals surface area contributed by atoms with Gasteiger partial charge in [0.1, 0.15) is 0 Å². The summed E-state index contributed by atoms with van der Waals surface area (Å²) in [5.41, 5.74) is 3.45. The zero-order valence-electron chi connectivity index (χ0n) is 6.38. The van der Waals surface area contributed by atoms with Crippen molar-refractivity contribution in [1.82, 2.24) is 0 Å². The standard InChI is InChI=1S/C10H10N/c1-8-6-7-9-4-2-3-5-10(9)11-8/h2-5H,1,6-7H2. The summed E-state index contributed by atoms with van der Waals surface area (Å²) in [7, 11) is 0. The molecule has 0 aromatic heterocycles. The highest BCUT2D eigenvalue weighted by Crippen LogP contribution is 2.24. The number of aliphatic imine (C=N–C) groups is 1. The highest BCUT2D eigenvalue weighted by atomic mass is 14.8. The Hall–Kier alpha value is -1.11. The van der Waals surface area contributed by atoms with Crippen molar-refractivity contribution in [3.05, 3.63) is 36.8 Å². The van der Waals surface area contributed by atoms with Gasteiger partial charge in [-0.1, -0.05) is 18.2 Å². The van der Waals surface area contributed by atoms with Crippen LogP contribution in [0.5, 0.6) is 0 Å². The van der Waals surface area contributed by atoms with Gasteiger partial charge in [0, 0.05) is 5.71 Å². The summed E-state index contributed by atoms with van der Waals surface area (Å²) in [4.78, 5) is 4.35. The Labute approximate surface area is 66.8 Å². The van der Waals surface area contributed by atoms with E-state index in [4.69, 9.17) is 0 Å². The van der Waals surface area contributed by atoms with Crippen LogP contribution in [-0.4, -0.2) is 5.71 Å². The van der Waals surface area contributed by atoms with Crippen LogP contribution in [0, 0.1) is 6.92 Å². The summed E-state index contributed by atoms with van der Waals surface area (Å²) in [5, 5.41) is 0. The van der Waals surface area contributed by atoms with E-state index in [1.165, 1.54) is 5.56 Å². The minimum atomic E-state index is 1.00. The van der Waals surface area contributed by atoms with Crippen molar-refractivity contribution >= 4 is 11.4 Å². The Morgan fingerprint density at radius 2 is 2.00 bits per heavy atom. The number of fused-ring (bicyclic) bond motifs is 1. The zero-order valence-corrected chi connectivity index (χ0v) is 6.38. The molecule has 1 aliphatic rings. The van der Waals surface area contributed by atoms with Crippen molar-refractivity contribution in [3.8, 4) is 0 Å². The summed E-state index contributed by atoms with van der Waals surface area (Å²) in [5.74, 6) is 0. The third-order valence-corrected chi connectivity index (χ3v) is 1.95. The second kappa shape index (κ2) is 2.50. The lowest BCUT2D eigenvalue weighted by Gasteiger charge is -2.11. The van der Waals surface area contributed by atoms with Gasteiger partial charge in [0.05, 0.1) is 5.69 Å². The van der Waals surface area contributed by atoms with Crippen molar-refractivity contribution in [2.24, 2.45) is 4.99 Å². The smallest absolute Gasteiger partial charge is 0.0661 e. The number of hydrogen-bond donors (Lipinski definition) is 0. The van der Waals surface area contributed by atoms with Crippen LogP contribution in [0.4, 0.5) is 5.69 Å². The first-order valence-corrected chi connectivity index (χ1v) is 3.84. The van der Waals surface area contributed by atoms with E-state index in [1.54, 1.807) is 0 Å². The number of hydrogen-bond acceptors (Lipinski definition) is 1. The van der Waals surface area contributed by atoms with E-state index < -0.39 is 0 Å². The molecule has 0 amide bonds. The fraction of sp³-hybridized carbons (Fsp3) is 0.200. The van der Waals surface area contributed by atoms with E-state index in [2.05, 4.69) is 24.0 Å². The Balaban J connectivity index is 2.51. The SMILES string of the molecule is [CH2]C1=Nc2ccccc2CC1. The maximum absolute atomic E-state index is 4.35. The van der Waals surface area contributed by atoms with Crippen LogP contribution in [0.3, 0.4) is 0 Å². The molecule has 1 heterocycles. The van der Waals surface area contributed by atoms with E-state index in [1.807, 2.05) is 12.1 Å². The van der Waals surface area contributed by atoms with Crippen LogP contribution in [0.1, 0.15) is 12.0 Å². The number of nitrogens with zero attached hydrogens (tertiary/aromatic N) is 1. The molecule has 0 spiro atoms. The van der Waals surface area contributed by atoms with Gasteiger partial charge < -0.3 is 0 Å². The van der Waals surface area contributed by atoms with Gasteiger partial charge in [-0.15, -0.1) is 0 Å². The number of rotatable bonds is 0. The number of aryl methyl sites for hydroxylation is 1. The maximum atomic E-state index is 4.35. The molecule has 11 heavy (non-hydrogen) atoms. The van der Waals surface area contributed by atoms with Crippen molar-refractivity contribution in [2.75, 3.05) is 0 Å². The Morgan fingerprint density at radius 3 is 2.91 bits per heavy atom. The molecule has 1 aliphatic heterocycles. The third kappa shape index (κ3) is 1.18. The normalized spacial score (nSPS) is 15.5. The van der Waals surface area contributed by atoms with Gasteiger partial charge in [-0.2, -0.15) is 0 Å². The Morgan fingerprint density at radius 1 is 1.18 bits per heavy atom. The molecule has 0 unspecified atom stereocenters. The predicted octanol–water partition coefficient (Wildman–Crippen LogP) is 2.54. The van der Waals surface area contributed by atoms with E-state index >= 15 is 0 Å². The van der Waals surface area contributed by atoms with Gasteiger partial charge in [-0.25, -0.2) is 0 Å². The molecule has 0 fully saturated rings. The van der Waals surface area contributed by atoms with Crippen molar-refractivity contribution < 1.29 is 0 Å². The topological polar surface area (TPSA) is 12.4 Å². The molecule has 55 valence electrons. The second-order valence-corrected chi connectivity index (χ2v) is 2.81. The van der Waals surface area contributed by atoms with Gasteiger partial charge in [-0.05, 0) is 31.4 Å². The first-order valence-electron chi connectivity index (χ1n) is 3.84. The molecule has 1 heteroatoms. The van der Waals surface area contributed by atoms with Crippen LogP contribution < -0.4 is 0 Å². The first-order chi connectivity index (χ1) is 5.36. The fourth-order valence-electron chi connectivity index (χ4n) is 1.34.